The van der Waals surface area contributed by atoms with Gasteiger partial charge in [0.25, 0.3) is 11.8 Å². The van der Waals surface area contributed by atoms with Crippen LogP contribution in [0.25, 0.3) is 0 Å². The number of aliphatic imine (C=N–C) groups is 1. The van der Waals surface area contributed by atoms with E-state index in [2.05, 4.69) is 22.0 Å². The lowest BCUT2D eigenvalue weighted by Crippen LogP contribution is -2.39. The molecule has 58 heavy (non-hydrogen) atoms. The first kappa shape index (κ1) is 36.8. The van der Waals surface area contributed by atoms with Crippen molar-refractivity contribution in [2.24, 2.45) is 4.99 Å². The average Bonchev–Trinajstić information content (AvgIpc) is 3.73. The van der Waals surface area contributed by atoms with Crippen LogP contribution in [0.2, 0.25) is 0 Å². The van der Waals surface area contributed by atoms with E-state index >= 15 is 0 Å². The topological polar surface area (TPSA) is 143 Å². The first-order chi connectivity index (χ1) is 28.3. The van der Waals surface area contributed by atoms with Gasteiger partial charge in [0, 0.05) is 48.4 Å². The van der Waals surface area contributed by atoms with Crippen molar-refractivity contribution < 1.29 is 33.3 Å². The standard InChI is InChI=1S/C45H42N6O7/c1-46-23-43(52)49-30-13-26(24-57-41-19-35-33(17-39(41)55-2)44(53)50-31(21-47-35)15-28-8-4-6-10-37(28)50)12-27(14-30)25-58-42-20-36-34(18-40(42)56-3)45(54)51-32(22-48-36)16-29-9-5-7-11-38(29)51/h4-14,17-21,31-32,46,48H,15-16,22-25H2,1-3H3,(H,49,52)/t31-,32?/m0/s1. The van der Waals surface area contributed by atoms with Gasteiger partial charge in [-0.3, -0.25) is 24.3 Å². The molecular formula is C45H42N6O7. The molecule has 4 heterocycles. The van der Waals surface area contributed by atoms with Crippen LogP contribution in [-0.2, 0) is 30.8 Å². The lowest BCUT2D eigenvalue weighted by atomic mass is 10.1. The van der Waals surface area contributed by atoms with Crippen molar-refractivity contribution in [2.45, 2.75) is 38.1 Å². The fourth-order valence-corrected chi connectivity index (χ4v) is 8.29. The molecule has 3 amide bonds. The first-order valence-corrected chi connectivity index (χ1v) is 19.2. The second-order valence-corrected chi connectivity index (χ2v) is 14.7. The predicted molar refractivity (Wildman–Crippen MR) is 222 cm³/mol. The van der Waals surface area contributed by atoms with E-state index < -0.39 is 0 Å². The molecule has 13 nitrogen and oxygen atoms in total. The number of likely N-dealkylation sites (N-methyl/N-ethyl adjacent to an activating group) is 1. The zero-order valence-corrected chi connectivity index (χ0v) is 32.3. The number of methoxy groups -OCH3 is 2. The van der Waals surface area contributed by atoms with Crippen molar-refractivity contribution >= 4 is 52.4 Å². The summed E-state index contributed by atoms with van der Waals surface area (Å²) in [5.74, 6) is 1.23. The second kappa shape index (κ2) is 15.2. The number of benzene rings is 5. The largest absolute Gasteiger partial charge is 0.493 e. The molecule has 0 bridgehead atoms. The molecule has 294 valence electrons. The summed E-state index contributed by atoms with van der Waals surface area (Å²) in [6, 6.07) is 28.3. The second-order valence-electron chi connectivity index (χ2n) is 14.7. The fourth-order valence-electron chi connectivity index (χ4n) is 8.29. The Kier molecular flexibility index (Phi) is 9.66. The SMILES string of the molecule is CNCC(=O)Nc1cc(COc2cc3c(cc2OC)C(=O)N2c4ccccc4C[C@H]2C=N3)cc(COc2cc3c(cc2OC)C(=O)N2c4ccccc4CC2CN3)c1. The summed E-state index contributed by atoms with van der Waals surface area (Å²) >= 11 is 0. The number of carbonyl (C=O) groups excluding carboxylic acids is 3. The van der Waals surface area contributed by atoms with Gasteiger partial charge in [0.05, 0.1) is 55.3 Å². The van der Waals surface area contributed by atoms with Crippen molar-refractivity contribution in [3.05, 3.63) is 124 Å². The summed E-state index contributed by atoms with van der Waals surface area (Å²) in [6.07, 6.45) is 3.29. The van der Waals surface area contributed by atoms with E-state index in [1.54, 1.807) is 37.3 Å². The zero-order chi connectivity index (χ0) is 39.9. The Bertz CT molecular complexity index is 2500. The molecule has 4 aliphatic heterocycles. The van der Waals surface area contributed by atoms with Crippen LogP contribution in [-0.4, -0.2) is 70.4 Å². The van der Waals surface area contributed by atoms with Gasteiger partial charge in [0.2, 0.25) is 5.91 Å². The van der Waals surface area contributed by atoms with E-state index in [4.69, 9.17) is 23.9 Å². The van der Waals surface area contributed by atoms with Gasteiger partial charge < -0.3 is 39.8 Å². The lowest BCUT2D eigenvalue weighted by molar-refractivity contribution is -0.115. The molecular weight excluding hydrogens is 737 g/mol. The molecule has 0 aromatic heterocycles. The maximum Gasteiger partial charge on any atom is 0.261 e. The van der Waals surface area contributed by atoms with Gasteiger partial charge in [-0.1, -0.05) is 36.4 Å². The van der Waals surface area contributed by atoms with Crippen molar-refractivity contribution in [3.8, 4) is 23.0 Å². The molecule has 0 saturated heterocycles. The highest BCUT2D eigenvalue weighted by Crippen LogP contribution is 2.43. The monoisotopic (exact) mass is 778 g/mol. The summed E-state index contributed by atoms with van der Waals surface area (Å²) in [5, 5.41) is 9.30. The number of anilines is 4. The number of nitrogens with one attached hydrogen (secondary N) is 3. The van der Waals surface area contributed by atoms with Crippen LogP contribution >= 0.6 is 0 Å². The van der Waals surface area contributed by atoms with E-state index in [9.17, 15) is 14.4 Å². The summed E-state index contributed by atoms with van der Waals surface area (Å²) in [4.78, 5) is 48.9. The van der Waals surface area contributed by atoms with Crippen molar-refractivity contribution in [2.75, 3.05) is 54.8 Å². The Balaban J connectivity index is 0.962. The highest BCUT2D eigenvalue weighted by molar-refractivity contribution is 6.15. The van der Waals surface area contributed by atoms with Gasteiger partial charge in [0.1, 0.15) is 13.2 Å². The third kappa shape index (κ3) is 6.72. The Morgan fingerprint density at radius 3 is 2.07 bits per heavy atom. The Hall–Kier alpha value is -6.86. The molecule has 0 saturated carbocycles. The predicted octanol–water partition coefficient (Wildman–Crippen LogP) is 6.30. The van der Waals surface area contributed by atoms with Crippen LogP contribution in [0, 0.1) is 0 Å². The number of amides is 3. The Morgan fingerprint density at radius 1 is 0.759 bits per heavy atom. The molecule has 4 aliphatic rings. The molecule has 0 fully saturated rings. The molecule has 0 radical (unpaired) electrons. The normalized spacial score (nSPS) is 17.1. The molecule has 5 aromatic carbocycles. The third-order valence-corrected chi connectivity index (χ3v) is 10.9. The van der Waals surface area contributed by atoms with Crippen LogP contribution in [0.15, 0.2) is 96.0 Å². The minimum Gasteiger partial charge on any atom is -0.493 e. The highest BCUT2D eigenvalue weighted by Gasteiger charge is 2.38. The smallest absolute Gasteiger partial charge is 0.261 e. The molecule has 0 spiro atoms. The number of para-hydroxylation sites is 2. The van der Waals surface area contributed by atoms with E-state index in [1.165, 1.54) is 7.11 Å². The van der Waals surface area contributed by atoms with E-state index in [1.807, 2.05) is 77.8 Å². The number of hydrogen-bond acceptors (Lipinski definition) is 10. The van der Waals surface area contributed by atoms with Crippen LogP contribution in [0.3, 0.4) is 0 Å². The molecule has 1 unspecified atom stereocenters. The van der Waals surface area contributed by atoms with Crippen molar-refractivity contribution in [1.82, 2.24) is 5.32 Å². The van der Waals surface area contributed by atoms with Crippen LogP contribution in [0.1, 0.15) is 43.0 Å². The summed E-state index contributed by atoms with van der Waals surface area (Å²) in [6.45, 7) is 0.937. The molecule has 13 heteroatoms. The number of ether oxygens (including phenoxy) is 4. The van der Waals surface area contributed by atoms with Gasteiger partial charge in [-0.25, -0.2) is 0 Å². The lowest BCUT2D eigenvalue weighted by Gasteiger charge is -2.22. The summed E-state index contributed by atoms with van der Waals surface area (Å²) < 4.78 is 24.2. The average molecular weight is 779 g/mol. The molecule has 5 aromatic rings. The van der Waals surface area contributed by atoms with E-state index in [0.29, 0.717) is 64.2 Å². The van der Waals surface area contributed by atoms with Crippen LogP contribution in [0.4, 0.5) is 28.4 Å². The third-order valence-electron chi connectivity index (χ3n) is 10.9. The Morgan fingerprint density at radius 2 is 1.38 bits per heavy atom. The molecule has 2 atom stereocenters. The van der Waals surface area contributed by atoms with Crippen molar-refractivity contribution in [1.29, 1.82) is 0 Å². The number of carbonyl (C=O) groups is 3. The number of nitrogens with zero attached hydrogens (tertiary/aromatic N) is 3. The maximum absolute atomic E-state index is 13.9. The molecule has 0 aliphatic carbocycles. The van der Waals surface area contributed by atoms with E-state index in [0.717, 1.165) is 40.0 Å². The van der Waals surface area contributed by atoms with Crippen LogP contribution in [0.5, 0.6) is 23.0 Å². The molecule has 9 rings (SSSR count). The van der Waals surface area contributed by atoms with E-state index in [-0.39, 0.29) is 49.6 Å². The number of rotatable bonds is 11. The van der Waals surface area contributed by atoms with Gasteiger partial charge in [-0.2, -0.15) is 0 Å². The fraction of sp³-hybridized carbons (Fsp3) is 0.244. The minimum atomic E-state index is -0.211. The number of fused-ring (bicyclic) bond motifs is 8. The zero-order valence-electron chi connectivity index (χ0n) is 32.3. The van der Waals surface area contributed by atoms with Gasteiger partial charge in [0.15, 0.2) is 23.0 Å². The maximum atomic E-state index is 13.9. The number of hydrogen-bond donors (Lipinski definition) is 3. The summed E-state index contributed by atoms with van der Waals surface area (Å²) in [5.41, 5.74) is 8.23. The summed E-state index contributed by atoms with van der Waals surface area (Å²) in [7, 11) is 4.78. The quantitative estimate of drug-likeness (QED) is 0.141. The first-order valence-electron chi connectivity index (χ1n) is 19.2. The Labute approximate surface area is 335 Å². The van der Waals surface area contributed by atoms with Gasteiger partial charge in [-0.05, 0) is 78.2 Å². The van der Waals surface area contributed by atoms with Crippen LogP contribution < -0.4 is 44.7 Å². The van der Waals surface area contributed by atoms with Gasteiger partial charge in [-0.15, -0.1) is 0 Å². The van der Waals surface area contributed by atoms with Crippen molar-refractivity contribution in [3.63, 3.8) is 0 Å². The molecule has 3 N–H and O–H groups in total. The van der Waals surface area contributed by atoms with Gasteiger partial charge >= 0.3 is 0 Å². The minimum absolute atomic E-state index is 0.00831. The highest BCUT2D eigenvalue weighted by atomic mass is 16.5.